The van der Waals surface area contributed by atoms with Gasteiger partial charge in [-0.15, -0.1) is 8.19 Å². The zero-order valence-electron chi connectivity index (χ0n) is 8.89. The molecule has 0 fully saturated rings. The summed E-state index contributed by atoms with van der Waals surface area (Å²) in [6.45, 7) is 6.57. The number of hydrogen-bond acceptors (Lipinski definition) is 0. The van der Waals surface area contributed by atoms with Gasteiger partial charge >= 0.3 is 0 Å². The Kier molecular flexibility index (Phi) is 2.48. The van der Waals surface area contributed by atoms with Crippen molar-refractivity contribution in [3.05, 3.63) is 46.8 Å². The van der Waals surface area contributed by atoms with E-state index in [0.29, 0.717) is 0 Å². The largest absolute Gasteiger partial charge is 0.132 e. The Morgan fingerprint density at radius 2 is 1.64 bits per heavy atom. The third kappa shape index (κ3) is 1.63. The molecule has 1 aromatic carbocycles. The second kappa shape index (κ2) is 3.63. The molecule has 0 bridgehead atoms. The molecule has 1 unspecified atom stereocenters. The lowest BCUT2D eigenvalue weighted by atomic mass is 9.99. The average molecular weight is 202 g/mol. The first-order chi connectivity index (χ1) is 6.68. The second-order valence-corrected chi connectivity index (χ2v) is 5.02. The van der Waals surface area contributed by atoms with Gasteiger partial charge in [0, 0.05) is 0 Å². The van der Waals surface area contributed by atoms with Crippen LogP contribution in [-0.2, 0) is 0 Å². The summed E-state index contributed by atoms with van der Waals surface area (Å²) in [5.41, 5.74) is 5.63. The first kappa shape index (κ1) is 9.55. The van der Waals surface area contributed by atoms with E-state index in [1.807, 2.05) is 0 Å². The highest BCUT2D eigenvalue weighted by Gasteiger charge is 2.05. The van der Waals surface area contributed by atoms with Crippen LogP contribution < -0.4 is 0 Å². The highest BCUT2D eigenvalue weighted by atomic mass is 31.0. The summed E-state index contributed by atoms with van der Waals surface area (Å²) in [6, 6.07) is 8.94. The lowest BCUT2D eigenvalue weighted by Gasteiger charge is -2.09. The predicted octanol–water partition coefficient (Wildman–Crippen LogP) is 4.31. The Bertz CT molecular complexity index is 415. The van der Waals surface area contributed by atoms with Gasteiger partial charge in [-0.2, -0.15) is 0 Å². The fourth-order valence-electron chi connectivity index (χ4n) is 2.09. The predicted molar refractivity (Wildman–Crippen MR) is 65.6 cm³/mol. The summed E-state index contributed by atoms with van der Waals surface area (Å²) in [5, 5.41) is 1.49. The summed E-state index contributed by atoms with van der Waals surface area (Å²) >= 11 is 0. The zero-order chi connectivity index (χ0) is 10.1. The van der Waals surface area contributed by atoms with Gasteiger partial charge < -0.3 is 0 Å². The lowest BCUT2D eigenvalue weighted by Crippen LogP contribution is -1.87. The van der Waals surface area contributed by atoms with Crippen molar-refractivity contribution in [2.24, 2.45) is 0 Å². The molecule has 0 spiro atoms. The summed E-state index contributed by atoms with van der Waals surface area (Å²) in [6.07, 6.45) is 0. The molecule has 14 heavy (non-hydrogen) atoms. The number of rotatable bonds is 1. The Morgan fingerprint density at radius 3 is 2.14 bits per heavy atom. The monoisotopic (exact) mass is 202 g/mol. The van der Waals surface area contributed by atoms with E-state index in [1.165, 1.54) is 27.5 Å². The SMILES string of the molecule is Cc1cc(C)c(-c2ccc[pH]2)c(C)c1. The third-order valence-electron chi connectivity index (χ3n) is 2.54. The van der Waals surface area contributed by atoms with Gasteiger partial charge in [-0.3, -0.25) is 0 Å². The molecule has 0 radical (unpaired) electrons. The minimum absolute atomic E-state index is 0.847. The Balaban J connectivity index is 2.64. The van der Waals surface area contributed by atoms with E-state index in [9.17, 15) is 0 Å². The molecule has 1 heteroatoms. The van der Waals surface area contributed by atoms with Crippen molar-refractivity contribution in [1.82, 2.24) is 0 Å². The highest BCUT2D eigenvalue weighted by molar-refractivity contribution is 7.33. The zero-order valence-corrected chi connectivity index (χ0v) is 9.89. The van der Waals surface area contributed by atoms with Crippen LogP contribution >= 0.6 is 8.19 Å². The van der Waals surface area contributed by atoms with Crippen molar-refractivity contribution in [2.45, 2.75) is 20.8 Å². The van der Waals surface area contributed by atoms with Crippen LogP contribution in [0.1, 0.15) is 16.7 Å². The van der Waals surface area contributed by atoms with Gasteiger partial charge in [0.1, 0.15) is 0 Å². The summed E-state index contributed by atoms with van der Waals surface area (Å²) in [5.74, 6) is 2.24. The van der Waals surface area contributed by atoms with Crippen LogP contribution in [0.3, 0.4) is 0 Å². The number of hydrogen-bond donors (Lipinski definition) is 0. The van der Waals surface area contributed by atoms with Crippen LogP contribution in [0.15, 0.2) is 30.1 Å². The van der Waals surface area contributed by atoms with E-state index >= 15 is 0 Å². The molecular formula is C13H15P. The summed E-state index contributed by atoms with van der Waals surface area (Å²) in [7, 11) is 0.847. The third-order valence-corrected chi connectivity index (χ3v) is 3.63. The fourth-order valence-corrected chi connectivity index (χ4v) is 3.19. The highest BCUT2D eigenvalue weighted by Crippen LogP contribution is 2.34. The van der Waals surface area contributed by atoms with E-state index in [0.717, 1.165) is 8.19 Å². The normalized spacial score (nSPS) is 11.1. The summed E-state index contributed by atoms with van der Waals surface area (Å²) < 4.78 is 0. The molecule has 0 N–H and O–H groups in total. The van der Waals surface area contributed by atoms with Crippen LogP contribution in [0.4, 0.5) is 0 Å². The van der Waals surface area contributed by atoms with Crippen LogP contribution in [0.2, 0.25) is 0 Å². The van der Waals surface area contributed by atoms with Crippen molar-refractivity contribution < 1.29 is 0 Å². The number of aryl methyl sites for hydroxylation is 3. The molecule has 0 aliphatic rings. The first-order valence-corrected chi connectivity index (χ1v) is 5.98. The summed E-state index contributed by atoms with van der Waals surface area (Å²) in [4.78, 5) is 0. The van der Waals surface area contributed by atoms with Crippen LogP contribution in [0, 0.1) is 20.8 Å². The average Bonchev–Trinajstić information content (AvgIpc) is 2.54. The standard InChI is InChI=1S/C13H15P/c1-9-7-10(2)13(11(3)8-9)12-5-4-6-14-12/h4-8,14H,1-3H3. The smallest absolute Gasteiger partial charge is 0.00130 e. The van der Waals surface area contributed by atoms with Gasteiger partial charge in [-0.1, -0.05) is 29.8 Å². The Labute approximate surface area is 87.1 Å². The minimum atomic E-state index is 0.847. The van der Waals surface area contributed by atoms with Gasteiger partial charge in [-0.25, -0.2) is 0 Å². The molecule has 1 atom stereocenters. The van der Waals surface area contributed by atoms with Crippen molar-refractivity contribution in [2.75, 3.05) is 0 Å². The maximum Gasteiger partial charge on any atom is -0.00130 e. The molecule has 0 aliphatic heterocycles. The maximum absolute atomic E-state index is 2.27. The van der Waals surface area contributed by atoms with E-state index in [1.54, 1.807) is 0 Å². The van der Waals surface area contributed by atoms with Gasteiger partial charge in [0.15, 0.2) is 0 Å². The molecule has 0 saturated heterocycles. The van der Waals surface area contributed by atoms with Crippen LogP contribution in [-0.4, -0.2) is 0 Å². The van der Waals surface area contributed by atoms with Crippen LogP contribution in [0.25, 0.3) is 10.9 Å². The molecule has 1 heterocycles. The quantitative estimate of drug-likeness (QED) is 0.646. The Morgan fingerprint density at radius 1 is 1.00 bits per heavy atom. The first-order valence-electron chi connectivity index (χ1n) is 4.90. The molecule has 1 aromatic heterocycles. The molecule has 0 nitrogen and oxygen atoms in total. The van der Waals surface area contributed by atoms with Gasteiger partial charge in [0.25, 0.3) is 0 Å². The molecule has 0 aliphatic carbocycles. The second-order valence-electron chi connectivity index (χ2n) is 3.86. The van der Waals surface area contributed by atoms with E-state index in [-0.39, 0.29) is 0 Å². The Hall–Kier alpha value is -1.00. The molecule has 2 rings (SSSR count). The molecule has 0 amide bonds. The number of benzene rings is 1. The van der Waals surface area contributed by atoms with Crippen molar-refractivity contribution in [3.63, 3.8) is 0 Å². The van der Waals surface area contributed by atoms with E-state index < -0.39 is 0 Å². The molecular weight excluding hydrogens is 187 g/mol. The van der Waals surface area contributed by atoms with E-state index in [2.05, 4.69) is 50.8 Å². The topological polar surface area (TPSA) is 0 Å². The van der Waals surface area contributed by atoms with Gasteiger partial charge in [-0.05, 0) is 48.6 Å². The maximum atomic E-state index is 2.27. The lowest BCUT2D eigenvalue weighted by molar-refractivity contribution is 1.33. The van der Waals surface area contributed by atoms with Crippen molar-refractivity contribution in [1.29, 1.82) is 0 Å². The van der Waals surface area contributed by atoms with Crippen molar-refractivity contribution in [3.8, 4) is 10.9 Å². The van der Waals surface area contributed by atoms with Gasteiger partial charge in [0.2, 0.25) is 0 Å². The van der Waals surface area contributed by atoms with Crippen molar-refractivity contribution >= 4 is 8.19 Å². The fraction of sp³-hybridized carbons (Fsp3) is 0.231. The molecule has 2 aromatic rings. The van der Waals surface area contributed by atoms with Gasteiger partial charge in [0.05, 0.1) is 0 Å². The molecule has 0 saturated carbocycles. The van der Waals surface area contributed by atoms with E-state index in [4.69, 9.17) is 0 Å². The minimum Gasteiger partial charge on any atom is -0.132 e. The molecule has 72 valence electrons. The van der Waals surface area contributed by atoms with Crippen LogP contribution in [0.5, 0.6) is 0 Å².